The van der Waals surface area contributed by atoms with E-state index in [1.54, 1.807) is 23.3 Å². The summed E-state index contributed by atoms with van der Waals surface area (Å²) in [5.41, 5.74) is 2.37. The van der Waals surface area contributed by atoms with Crippen LogP contribution in [0.15, 0.2) is 53.5 Å². The first-order valence-electron chi connectivity index (χ1n) is 5.60. The summed E-state index contributed by atoms with van der Waals surface area (Å²) in [5, 5.41) is 6.33. The van der Waals surface area contributed by atoms with Crippen molar-refractivity contribution in [2.24, 2.45) is 0 Å². The molecule has 0 N–H and O–H groups in total. The molecule has 0 saturated carbocycles. The van der Waals surface area contributed by atoms with E-state index < -0.39 is 0 Å². The molecule has 0 saturated heterocycles. The third-order valence-corrected chi connectivity index (χ3v) is 2.95. The van der Waals surface area contributed by atoms with Gasteiger partial charge in [-0.25, -0.2) is 0 Å². The van der Waals surface area contributed by atoms with Gasteiger partial charge in [0.25, 0.3) is 0 Å². The fraction of sp³-hybridized carbons (Fsp3) is 0. The second-order valence-electron chi connectivity index (χ2n) is 3.99. The Balaban J connectivity index is 0.00000110. The van der Waals surface area contributed by atoms with E-state index in [1.807, 2.05) is 30.5 Å². The van der Waals surface area contributed by atoms with Gasteiger partial charge in [-0.2, -0.15) is 23.3 Å². The Bertz CT molecular complexity index is 836. The van der Waals surface area contributed by atoms with Crippen molar-refractivity contribution >= 4 is 21.9 Å². The maximum atomic E-state index is 5.85. The number of rotatable bonds is 1. The third kappa shape index (κ3) is 1.79. The van der Waals surface area contributed by atoms with Crippen molar-refractivity contribution in [3.8, 4) is 5.69 Å². The Morgan fingerprint density at radius 1 is 1.16 bits per heavy atom. The summed E-state index contributed by atoms with van der Waals surface area (Å²) in [6.07, 6.45) is 7.09. The number of fused-ring (bicyclic) bond motifs is 3. The van der Waals surface area contributed by atoms with E-state index in [4.69, 9.17) is 4.42 Å². The summed E-state index contributed by atoms with van der Waals surface area (Å²) >= 11 is 0. The van der Waals surface area contributed by atoms with Crippen LogP contribution in [-0.4, -0.2) is 14.8 Å². The average molecular weight is 426 g/mol. The van der Waals surface area contributed by atoms with Gasteiger partial charge in [0.05, 0.1) is 6.20 Å². The Morgan fingerprint density at radius 3 is 2.95 bits per heavy atom. The van der Waals surface area contributed by atoms with Crippen LogP contribution in [0.5, 0.6) is 0 Å². The minimum Gasteiger partial charge on any atom is -0.512 e. The molecule has 0 atom stereocenters. The summed E-state index contributed by atoms with van der Waals surface area (Å²) in [6.45, 7) is 0. The van der Waals surface area contributed by atoms with E-state index in [1.165, 1.54) is 0 Å². The largest absolute Gasteiger partial charge is 0.512 e. The van der Waals surface area contributed by atoms with Gasteiger partial charge < -0.3 is 4.42 Å². The molecule has 4 aromatic rings. The molecule has 19 heavy (non-hydrogen) atoms. The second kappa shape index (κ2) is 4.61. The van der Waals surface area contributed by atoms with Crippen LogP contribution in [0.4, 0.5) is 0 Å². The normalized spacial score (nSPS) is 10.7. The zero-order chi connectivity index (χ0) is 11.9. The molecule has 0 aliphatic carbocycles. The number of furan rings is 1. The van der Waals surface area contributed by atoms with E-state index in [0.29, 0.717) is 0 Å². The summed E-state index contributed by atoms with van der Waals surface area (Å²) in [5.74, 6) is 0. The van der Waals surface area contributed by atoms with Gasteiger partial charge in [-0.1, -0.05) is 5.39 Å². The van der Waals surface area contributed by atoms with Crippen molar-refractivity contribution in [3.63, 3.8) is 0 Å². The maximum Gasteiger partial charge on any atom is 0.135 e. The molecule has 0 spiro atoms. The van der Waals surface area contributed by atoms with Crippen LogP contribution in [0.1, 0.15) is 0 Å². The molecule has 0 bridgehead atoms. The molecule has 0 amide bonds. The molecule has 4 nitrogen and oxygen atoms in total. The fourth-order valence-electron chi connectivity index (χ4n) is 2.15. The summed E-state index contributed by atoms with van der Waals surface area (Å²) in [6, 6.07) is 10.9. The van der Waals surface area contributed by atoms with Gasteiger partial charge in [-0.3, -0.25) is 9.67 Å². The molecule has 0 aliphatic heterocycles. The van der Waals surface area contributed by atoms with Crippen molar-refractivity contribution in [2.75, 3.05) is 0 Å². The Kier molecular flexibility index (Phi) is 2.93. The van der Waals surface area contributed by atoms with Crippen LogP contribution in [0, 0.1) is 6.07 Å². The Labute approximate surface area is 122 Å². The molecular formula is C14H8IrN3O-. The van der Waals surface area contributed by atoms with E-state index in [0.717, 1.165) is 27.6 Å². The van der Waals surface area contributed by atoms with Gasteiger partial charge in [-0.05, 0) is 17.8 Å². The second-order valence-corrected chi connectivity index (χ2v) is 3.99. The topological polar surface area (TPSA) is 43.9 Å². The number of hydrogen-bond acceptors (Lipinski definition) is 3. The minimum absolute atomic E-state index is 0. The smallest absolute Gasteiger partial charge is 0.135 e. The quantitative estimate of drug-likeness (QED) is 0.440. The zero-order valence-electron chi connectivity index (χ0n) is 9.70. The van der Waals surface area contributed by atoms with Crippen LogP contribution >= 0.6 is 0 Å². The first-order chi connectivity index (χ1) is 8.93. The van der Waals surface area contributed by atoms with E-state index >= 15 is 0 Å². The van der Waals surface area contributed by atoms with E-state index in [9.17, 15) is 0 Å². The molecular weight excluding hydrogens is 418 g/mol. The Hall–Kier alpha value is -1.97. The van der Waals surface area contributed by atoms with Crippen LogP contribution in [-0.2, 0) is 20.1 Å². The number of hydrogen-bond donors (Lipinski definition) is 0. The summed E-state index contributed by atoms with van der Waals surface area (Å²) < 4.78 is 7.60. The SMILES string of the molecule is [Ir].[c-]1ccc2c(oc3cnccc32)c1-n1cccn1. The molecule has 3 heterocycles. The van der Waals surface area contributed by atoms with Gasteiger partial charge >= 0.3 is 0 Å². The van der Waals surface area contributed by atoms with Crippen molar-refractivity contribution in [1.82, 2.24) is 14.8 Å². The van der Waals surface area contributed by atoms with Gasteiger partial charge in [0.1, 0.15) is 5.58 Å². The molecule has 3 aromatic heterocycles. The van der Waals surface area contributed by atoms with Gasteiger partial charge in [0, 0.05) is 49.7 Å². The summed E-state index contributed by atoms with van der Waals surface area (Å²) in [4.78, 5) is 4.07. The van der Waals surface area contributed by atoms with Crippen molar-refractivity contribution in [3.05, 3.63) is 55.1 Å². The standard InChI is InChI=1S/C14H8N3O.Ir/c1-3-11-10-5-7-15-9-13(10)18-14(11)12(4-1)17-8-2-6-16-17;/h1-3,5-9H;/q-1;. The number of aromatic nitrogens is 3. The molecule has 1 aromatic carbocycles. The molecule has 1 radical (unpaired) electrons. The van der Waals surface area contributed by atoms with Crippen LogP contribution in [0.25, 0.3) is 27.6 Å². The Morgan fingerprint density at radius 2 is 2.11 bits per heavy atom. The predicted molar refractivity (Wildman–Crippen MR) is 67.5 cm³/mol. The molecule has 5 heteroatoms. The summed E-state index contributed by atoms with van der Waals surface area (Å²) in [7, 11) is 0. The third-order valence-electron chi connectivity index (χ3n) is 2.95. The zero-order valence-corrected chi connectivity index (χ0v) is 12.1. The first kappa shape index (κ1) is 12.1. The van der Waals surface area contributed by atoms with Gasteiger partial charge in [0.15, 0.2) is 0 Å². The fourth-order valence-corrected chi connectivity index (χ4v) is 2.15. The predicted octanol–water partition coefficient (Wildman–Crippen LogP) is 2.96. The molecule has 0 fully saturated rings. The molecule has 95 valence electrons. The maximum absolute atomic E-state index is 5.85. The monoisotopic (exact) mass is 427 g/mol. The van der Waals surface area contributed by atoms with Crippen molar-refractivity contribution in [1.29, 1.82) is 0 Å². The molecule has 4 rings (SSSR count). The van der Waals surface area contributed by atoms with Crippen LogP contribution in [0.2, 0.25) is 0 Å². The van der Waals surface area contributed by atoms with Gasteiger partial charge in [-0.15, -0.1) is 0 Å². The first-order valence-corrected chi connectivity index (χ1v) is 5.60. The van der Waals surface area contributed by atoms with Crippen molar-refractivity contribution in [2.45, 2.75) is 0 Å². The number of nitrogens with zero attached hydrogens (tertiary/aromatic N) is 3. The van der Waals surface area contributed by atoms with E-state index in [-0.39, 0.29) is 20.1 Å². The van der Waals surface area contributed by atoms with Gasteiger partial charge in [0.2, 0.25) is 0 Å². The van der Waals surface area contributed by atoms with E-state index in [2.05, 4.69) is 16.1 Å². The number of benzene rings is 1. The minimum atomic E-state index is 0. The van der Waals surface area contributed by atoms with Crippen LogP contribution in [0.3, 0.4) is 0 Å². The van der Waals surface area contributed by atoms with Crippen LogP contribution < -0.4 is 0 Å². The molecule has 0 aliphatic rings. The number of pyridine rings is 1. The van der Waals surface area contributed by atoms with Crippen molar-refractivity contribution < 1.29 is 24.5 Å². The average Bonchev–Trinajstić information content (AvgIpc) is 3.05. The molecule has 0 unspecified atom stereocenters.